The van der Waals surface area contributed by atoms with Crippen LogP contribution in [0.3, 0.4) is 0 Å². The highest BCUT2D eigenvalue weighted by molar-refractivity contribution is 7.92. The van der Waals surface area contributed by atoms with Gasteiger partial charge in [0, 0.05) is 7.05 Å². The van der Waals surface area contributed by atoms with Gasteiger partial charge in [0.2, 0.25) is 9.84 Å². The molecule has 0 atom stereocenters. The molecule has 2 aromatic carbocycles. The van der Waals surface area contributed by atoms with Gasteiger partial charge in [-0.25, -0.2) is 13.2 Å². The molecule has 1 aliphatic heterocycles. The Balaban J connectivity index is 1.85. The monoisotopic (exact) mass is 383 g/mol. The molecule has 1 aliphatic carbocycles. The minimum atomic E-state index is -3.63. The zero-order valence-corrected chi connectivity index (χ0v) is 15.9. The van der Waals surface area contributed by atoms with Crippen LogP contribution in [0.25, 0.3) is 5.57 Å². The van der Waals surface area contributed by atoms with E-state index in [0.29, 0.717) is 16.9 Å². The van der Waals surface area contributed by atoms with Gasteiger partial charge >= 0.3 is 5.97 Å². The van der Waals surface area contributed by atoms with Crippen LogP contribution in [-0.4, -0.2) is 26.5 Å². The van der Waals surface area contributed by atoms with E-state index in [1.165, 1.54) is 6.07 Å². The van der Waals surface area contributed by atoms with Gasteiger partial charge in [-0.1, -0.05) is 37.1 Å². The first-order valence-corrected chi connectivity index (χ1v) is 10.6. The Bertz CT molecular complexity index is 1050. The number of carboxylic acids is 1. The van der Waals surface area contributed by atoms with Gasteiger partial charge in [0.15, 0.2) is 0 Å². The summed E-state index contributed by atoms with van der Waals surface area (Å²) >= 11 is 0. The number of para-hydroxylation sites is 1. The van der Waals surface area contributed by atoms with E-state index in [9.17, 15) is 18.3 Å². The minimum Gasteiger partial charge on any atom is -0.478 e. The fourth-order valence-electron chi connectivity index (χ4n) is 4.03. The third-order valence-electron chi connectivity index (χ3n) is 5.47. The quantitative estimate of drug-likeness (QED) is 0.802. The van der Waals surface area contributed by atoms with Gasteiger partial charge in [0.25, 0.3) is 0 Å². The molecule has 0 spiro atoms. The first kappa shape index (κ1) is 17.8. The molecule has 0 aromatic heterocycles. The Kier molecular flexibility index (Phi) is 4.30. The van der Waals surface area contributed by atoms with Crippen LogP contribution in [0.1, 0.15) is 31.2 Å². The molecular formula is C21H21NO4S. The maximum absolute atomic E-state index is 13.0. The molecule has 5 nitrogen and oxygen atoms in total. The summed E-state index contributed by atoms with van der Waals surface area (Å²) in [5, 5.41) is 9.72. The zero-order valence-electron chi connectivity index (χ0n) is 15.1. The van der Waals surface area contributed by atoms with Gasteiger partial charge in [0.05, 0.1) is 26.7 Å². The first-order chi connectivity index (χ1) is 12.9. The largest absolute Gasteiger partial charge is 0.478 e. The number of carboxylic acid groups (broad SMARTS) is 1. The number of hydrogen-bond acceptors (Lipinski definition) is 4. The van der Waals surface area contributed by atoms with Crippen LogP contribution in [0.15, 0.2) is 58.3 Å². The SMILES string of the molecule is CN1c2ccccc2S(=O)(=O)c2ccc(C(=CC3CCCC3)C(=O)O)cc21. The smallest absolute Gasteiger partial charge is 0.335 e. The second kappa shape index (κ2) is 6.53. The number of hydrogen-bond donors (Lipinski definition) is 1. The van der Waals surface area contributed by atoms with Crippen molar-refractivity contribution < 1.29 is 18.3 Å². The molecule has 1 saturated carbocycles. The molecule has 0 radical (unpaired) electrons. The summed E-state index contributed by atoms with van der Waals surface area (Å²) in [6.45, 7) is 0. The molecule has 140 valence electrons. The lowest BCUT2D eigenvalue weighted by Crippen LogP contribution is -2.22. The average Bonchev–Trinajstić information content (AvgIpc) is 3.17. The van der Waals surface area contributed by atoms with Crippen molar-refractivity contribution in [2.24, 2.45) is 5.92 Å². The van der Waals surface area contributed by atoms with Crippen LogP contribution >= 0.6 is 0 Å². The summed E-state index contributed by atoms with van der Waals surface area (Å²) in [5.74, 6) is -0.710. The third-order valence-corrected chi connectivity index (χ3v) is 7.32. The predicted molar refractivity (Wildman–Crippen MR) is 104 cm³/mol. The van der Waals surface area contributed by atoms with E-state index < -0.39 is 15.8 Å². The zero-order chi connectivity index (χ0) is 19.2. The molecule has 2 aromatic rings. The summed E-state index contributed by atoms with van der Waals surface area (Å²) in [6, 6.07) is 11.7. The number of allylic oxidation sites excluding steroid dienone is 1. The molecule has 4 rings (SSSR count). The van der Waals surface area contributed by atoms with Crippen molar-refractivity contribution in [2.75, 3.05) is 11.9 Å². The van der Waals surface area contributed by atoms with Crippen molar-refractivity contribution in [1.29, 1.82) is 0 Å². The number of nitrogens with zero attached hydrogens (tertiary/aromatic N) is 1. The van der Waals surface area contributed by atoms with Gasteiger partial charge < -0.3 is 10.0 Å². The number of rotatable bonds is 3. The van der Waals surface area contributed by atoms with Gasteiger partial charge in [-0.2, -0.15) is 0 Å². The molecular weight excluding hydrogens is 362 g/mol. The molecule has 27 heavy (non-hydrogen) atoms. The fourth-order valence-corrected chi connectivity index (χ4v) is 5.73. The molecule has 0 unspecified atom stereocenters. The van der Waals surface area contributed by atoms with Crippen LogP contribution < -0.4 is 4.90 Å². The predicted octanol–water partition coefficient (Wildman–Crippen LogP) is 4.26. The molecule has 1 N–H and O–H groups in total. The number of sulfone groups is 1. The average molecular weight is 383 g/mol. The van der Waals surface area contributed by atoms with E-state index in [4.69, 9.17) is 0 Å². The summed E-state index contributed by atoms with van der Waals surface area (Å²) in [7, 11) is -1.83. The molecule has 1 heterocycles. The van der Waals surface area contributed by atoms with Crippen molar-refractivity contribution in [3.8, 4) is 0 Å². The standard InChI is InChI=1S/C21H21NO4S/c1-22-17-8-4-5-9-19(17)27(25,26)20-11-10-15(13-18(20)22)16(21(23)24)12-14-6-2-3-7-14/h4-5,8-14H,2-3,6-7H2,1H3,(H,23,24). The molecule has 0 amide bonds. The summed E-state index contributed by atoms with van der Waals surface area (Å²) in [4.78, 5) is 14.2. The van der Waals surface area contributed by atoms with Crippen molar-refractivity contribution in [3.63, 3.8) is 0 Å². The molecule has 1 fully saturated rings. The van der Waals surface area contributed by atoms with E-state index in [1.807, 2.05) is 11.0 Å². The Morgan fingerprint density at radius 2 is 1.74 bits per heavy atom. The van der Waals surface area contributed by atoms with E-state index >= 15 is 0 Å². The van der Waals surface area contributed by atoms with Crippen LogP contribution in [0.4, 0.5) is 11.4 Å². The van der Waals surface area contributed by atoms with Gasteiger partial charge in [-0.3, -0.25) is 0 Å². The number of carbonyl (C=O) groups is 1. The van der Waals surface area contributed by atoms with Crippen molar-refractivity contribution >= 4 is 32.8 Å². The molecule has 0 bridgehead atoms. The summed E-state index contributed by atoms with van der Waals surface area (Å²) in [5.41, 5.74) is 1.88. The highest BCUT2D eigenvalue weighted by Crippen LogP contribution is 2.44. The lowest BCUT2D eigenvalue weighted by atomic mass is 9.98. The second-order valence-electron chi connectivity index (χ2n) is 7.14. The van der Waals surface area contributed by atoms with Crippen molar-refractivity contribution in [2.45, 2.75) is 35.5 Å². The number of aliphatic carboxylic acids is 1. The Morgan fingerprint density at radius 1 is 1.07 bits per heavy atom. The number of anilines is 2. The Morgan fingerprint density at radius 3 is 2.44 bits per heavy atom. The molecule has 2 aliphatic rings. The maximum atomic E-state index is 13.0. The summed E-state index contributed by atoms with van der Waals surface area (Å²) < 4.78 is 26.0. The van der Waals surface area contributed by atoms with Crippen LogP contribution in [0, 0.1) is 5.92 Å². The van der Waals surface area contributed by atoms with E-state index in [1.54, 1.807) is 43.4 Å². The minimum absolute atomic E-state index is 0.207. The Labute approximate surface area is 158 Å². The van der Waals surface area contributed by atoms with Crippen LogP contribution in [0.2, 0.25) is 0 Å². The highest BCUT2D eigenvalue weighted by Gasteiger charge is 2.33. The Hall–Kier alpha value is -2.60. The third kappa shape index (κ3) is 2.94. The topological polar surface area (TPSA) is 74.7 Å². The van der Waals surface area contributed by atoms with Gasteiger partial charge in [0.1, 0.15) is 0 Å². The highest BCUT2D eigenvalue weighted by atomic mass is 32.2. The van der Waals surface area contributed by atoms with Crippen molar-refractivity contribution in [3.05, 3.63) is 54.1 Å². The van der Waals surface area contributed by atoms with E-state index in [2.05, 4.69) is 0 Å². The normalized spacial score (nSPS) is 18.9. The lowest BCUT2D eigenvalue weighted by molar-refractivity contribution is -0.130. The van der Waals surface area contributed by atoms with Gasteiger partial charge in [-0.05, 0) is 48.6 Å². The maximum Gasteiger partial charge on any atom is 0.335 e. The van der Waals surface area contributed by atoms with Crippen LogP contribution in [-0.2, 0) is 14.6 Å². The number of benzene rings is 2. The molecule has 6 heteroatoms. The van der Waals surface area contributed by atoms with Crippen LogP contribution in [0.5, 0.6) is 0 Å². The molecule has 0 saturated heterocycles. The fraction of sp³-hybridized carbons (Fsp3) is 0.286. The lowest BCUT2D eigenvalue weighted by Gasteiger charge is -2.30. The summed E-state index contributed by atoms with van der Waals surface area (Å²) in [6.07, 6.45) is 6.08. The van der Waals surface area contributed by atoms with Gasteiger partial charge in [-0.15, -0.1) is 0 Å². The first-order valence-electron chi connectivity index (χ1n) is 9.07. The van der Waals surface area contributed by atoms with E-state index in [-0.39, 0.29) is 21.3 Å². The second-order valence-corrected chi connectivity index (χ2v) is 9.03. The van der Waals surface area contributed by atoms with E-state index in [0.717, 1.165) is 25.7 Å². The van der Waals surface area contributed by atoms with Crippen molar-refractivity contribution in [1.82, 2.24) is 0 Å². The number of fused-ring (bicyclic) bond motifs is 2.